The van der Waals surface area contributed by atoms with E-state index in [1.54, 1.807) is 0 Å². The number of benzene rings is 1. The Kier molecular flexibility index (Phi) is 4.39. The molecule has 1 aliphatic heterocycles. The molecule has 0 fully saturated rings. The highest BCUT2D eigenvalue weighted by Gasteiger charge is 2.19. The minimum atomic E-state index is 0.284. The molecule has 0 amide bonds. The Labute approximate surface area is 153 Å². The first-order valence-electron chi connectivity index (χ1n) is 8.80. The Hall–Kier alpha value is -3.15. The molecule has 3 heterocycles. The lowest BCUT2D eigenvalue weighted by atomic mass is 9.99. The smallest absolute Gasteiger partial charge is 0.222 e. The molecule has 6 heteroatoms. The molecular weight excluding hydrogens is 324 g/mol. The monoisotopic (exact) mass is 346 g/mol. The third-order valence-corrected chi connectivity index (χ3v) is 4.63. The summed E-state index contributed by atoms with van der Waals surface area (Å²) in [4.78, 5) is 15.3. The fraction of sp³-hybridized carbons (Fsp3) is 0.250. The van der Waals surface area contributed by atoms with Gasteiger partial charge in [0.05, 0.1) is 0 Å². The Bertz CT molecular complexity index is 903. The van der Waals surface area contributed by atoms with Gasteiger partial charge in [-0.1, -0.05) is 30.3 Å². The third kappa shape index (κ3) is 3.44. The number of aromatic nitrogens is 3. The summed E-state index contributed by atoms with van der Waals surface area (Å²) >= 11 is 0. The van der Waals surface area contributed by atoms with E-state index in [0.29, 0.717) is 6.54 Å². The largest absolute Gasteiger partial charge is 0.368 e. The van der Waals surface area contributed by atoms with E-state index in [9.17, 15) is 0 Å². The lowest BCUT2D eigenvalue weighted by Gasteiger charge is -2.31. The standard InChI is InChI=1S/C20H22N6/c1-14-11-18(25-20(21)24-14)23-12-16-7-4-9-22-19(16)26-10-8-15-5-2-3-6-17(15)13-26/h2-7,9,11H,8,10,12-13H2,1H3,(H3,21,23,24,25). The summed E-state index contributed by atoms with van der Waals surface area (Å²) in [5, 5.41) is 3.34. The summed E-state index contributed by atoms with van der Waals surface area (Å²) in [6.45, 7) is 4.40. The van der Waals surface area contributed by atoms with Crippen molar-refractivity contribution in [3.63, 3.8) is 0 Å². The molecule has 26 heavy (non-hydrogen) atoms. The molecule has 3 aromatic rings. The molecule has 0 radical (unpaired) electrons. The molecule has 0 saturated heterocycles. The van der Waals surface area contributed by atoms with Gasteiger partial charge in [-0.05, 0) is 30.5 Å². The van der Waals surface area contributed by atoms with Crippen molar-refractivity contribution in [3.05, 3.63) is 71.0 Å². The number of anilines is 3. The third-order valence-electron chi connectivity index (χ3n) is 4.63. The second-order valence-corrected chi connectivity index (χ2v) is 6.53. The van der Waals surface area contributed by atoms with E-state index in [1.165, 1.54) is 11.1 Å². The van der Waals surface area contributed by atoms with Crippen LogP contribution < -0.4 is 16.0 Å². The average Bonchev–Trinajstić information content (AvgIpc) is 2.65. The van der Waals surface area contributed by atoms with Gasteiger partial charge in [0.15, 0.2) is 0 Å². The van der Waals surface area contributed by atoms with Crippen LogP contribution in [0.3, 0.4) is 0 Å². The lowest BCUT2D eigenvalue weighted by Crippen LogP contribution is -2.32. The van der Waals surface area contributed by atoms with E-state index < -0.39 is 0 Å². The van der Waals surface area contributed by atoms with Crippen LogP contribution >= 0.6 is 0 Å². The van der Waals surface area contributed by atoms with Crippen LogP contribution in [-0.2, 0) is 19.5 Å². The predicted molar refractivity (Wildman–Crippen MR) is 104 cm³/mol. The fourth-order valence-electron chi connectivity index (χ4n) is 3.40. The maximum atomic E-state index is 5.74. The number of aryl methyl sites for hydroxylation is 1. The first-order valence-corrected chi connectivity index (χ1v) is 8.80. The first kappa shape index (κ1) is 16.3. The number of nitrogens with one attached hydrogen (secondary N) is 1. The van der Waals surface area contributed by atoms with Gasteiger partial charge in [0.2, 0.25) is 5.95 Å². The van der Waals surface area contributed by atoms with Gasteiger partial charge in [-0.25, -0.2) is 9.97 Å². The van der Waals surface area contributed by atoms with Crippen LogP contribution in [0.2, 0.25) is 0 Å². The number of nitrogen functional groups attached to an aromatic ring is 1. The maximum absolute atomic E-state index is 5.74. The van der Waals surface area contributed by atoms with Gasteiger partial charge < -0.3 is 16.0 Å². The van der Waals surface area contributed by atoms with Gasteiger partial charge >= 0.3 is 0 Å². The molecule has 0 unspecified atom stereocenters. The van der Waals surface area contributed by atoms with Gasteiger partial charge in [-0.15, -0.1) is 0 Å². The van der Waals surface area contributed by atoms with Crippen LogP contribution in [0, 0.1) is 6.92 Å². The Morgan fingerprint density at radius 2 is 1.96 bits per heavy atom. The molecule has 0 spiro atoms. The zero-order valence-corrected chi connectivity index (χ0v) is 14.8. The van der Waals surface area contributed by atoms with Crippen LogP contribution in [-0.4, -0.2) is 21.5 Å². The van der Waals surface area contributed by atoms with Crippen LogP contribution in [0.15, 0.2) is 48.7 Å². The summed E-state index contributed by atoms with van der Waals surface area (Å²) in [6, 6.07) is 14.6. The number of hydrogen-bond acceptors (Lipinski definition) is 6. The van der Waals surface area contributed by atoms with Crippen LogP contribution in [0.4, 0.5) is 17.6 Å². The molecule has 0 saturated carbocycles. The van der Waals surface area contributed by atoms with E-state index in [1.807, 2.05) is 25.3 Å². The SMILES string of the molecule is Cc1cc(NCc2cccnc2N2CCc3ccccc3C2)nc(N)n1. The van der Waals surface area contributed by atoms with E-state index in [0.717, 1.165) is 42.4 Å². The zero-order chi connectivity index (χ0) is 17.9. The minimum absolute atomic E-state index is 0.284. The van der Waals surface area contributed by atoms with Crippen molar-refractivity contribution in [2.45, 2.75) is 26.4 Å². The summed E-state index contributed by atoms with van der Waals surface area (Å²) in [5.74, 6) is 2.04. The Morgan fingerprint density at radius 3 is 2.81 bits per heavy atom. The van der Waals surface area contributed by atoms with Crippen molar-refractivity contribution >= 4 is 17.6 Å². The summed E-state index contributed by atoms with van der Waals surface area (Å²) in [5.41, 5.74) is 10.5. The number of nitrogens with zero attached hydrogens (tertiary/aromatic N) is 4. The van der Waals surface area contributed by atoms with Crippen molar-refractivity contribution in [3.8, 4) is 0 Å². The molecule has 1 aromatic carbocycles. The highest BCUT2D eigenvalue weighted by Crippen LogP contribution is 2.26. The Balaban J connectivity index is 1.54. The zero-order valence-electron chi connectivity index (χ0n) is 14.8. The van der Waals surface area contributed by atoms with Gasteiger partial charge in [0.25, 0.3) is 0 Å². The summed E-state index contributed by atoms with van der Waals surface area (Å²) in [6.07, 6.45) is 2.90. The topological polar surface area (TPSA) is 80.0 Å². The van der Waals surface area contributed by atoms with Crippen LogP contribution in [0.1, 0.15) is 22.4 Å². The second kappa shape index (κ2) is 7.00. The molecule has 132 valence electrons. The van der Waals surface area contributed by atoms with Gasteiger partial charge in [0.1, 0.15) is 11.6 Å². The van der Waals surface area contributed by atoms with Crippen molar-refractivity contribution in [2.24, 2.45) is 0 Å². The molecule has 3 N–H and O–H groups in total. The van der Waals surface area contributed by atoms with Crippen molar-refractivity contribution in [2.75, 3.05) is 22.5 Å². The number of rotatable bonds is 4. The maximum Gasteiger partial charge on any atom is 0.222 e. The van der Waals surface area contributed by atoms with Gasteiger partial charge in [0, 0.05) is 43.2 Å². The van der Waals surface area contributed by atoms with Crippen molar-refractivity contribution in [1.29, 1.82) is 0 Å². The van der Waals surface area contributed by atoms with Crippen molar-refractivity contribution in [1.82, 2.24) is 15.0 Å². The molecule has 6 nitrogen and oxygen atoms in total. The summed E-state index contributed by atoms with van der Waals surface area (Å²) in [7, 11) is 0. The second-order valence-electron chi connectivity index (χ2n) is 6.53. The molecule has 0 aliphatic carbocycles. The molecule has 1 aliphatic rings. The van der Waals surface area contributed by atoms with Crippen LogP contribution in [0.5, 0.6) is 0 Å². The first-order chi connectivity index (χ1) is 12.7. The van der Waals surface area contributed by atoms with Crippen LogP contribution in [0.25, 0.3) is 0 Å². The fourth-order valence-corrected chi connectivity index (χ4v) is 3.40. The highest BCUT2D eigenvalue weighted by atomic mass is 15.2. The van der Waals surface area contributed by atoms with Crippen molar-refractivity contribution < 1.29 is 0 Å². The highest BCUT2D eigenvalue weighted by molar-refractivity contribution is 5.51. The number of pyridine rings is 1. The van der Waals surface area contributed by atoms with E-state index in [2.05, 4.69) is 55.5 Å². The molecule has 0 bridgehead atoms. The average molecular weight is 346 g/mol. The summed E-state index contributed by atoms with van der Waals surface area (Å²) < 4.78 is 0. The van der Waals surface area contributed by atoms with E-state index >= 15 is 0 Å². The number of hydrogen-bond donors (Lipinski definition) is 2. The van der Waals surface area contributed by atoms with Gasteiger partial charge in [-0.3, -0.25) is 0 Å². The Morgan fingerprint density at radius 1 is 1.12 bits per heavy atom. The quantitative estimate of drug-likeness (QED) is 0.756. The number of fused-ring (bicyclic) bond motifs is 1. The normalized spacial score (nSPS) is 13.3. The van der Waals surface area contributed by atoms with E-state index in [4.69, 9.17) is 5.73 Å². The molecular formula is C20H22N6. The molecule has 4 rings (SSSR count). The van der Waals surface area contributed by atoms with Gasteiger partial charge in [-0.2, -0.15) is 4.98 Å². The minimum Gasteiger partial charge on any atom is -0.368 e. The molecule has 0 atom stereocenters. The molecule has 2 aromatic heterocycles. The lowest BCUT2D eigenvalue weighted by molar-refractivity contribution is 0.716. The predicted octanol–water partition coefficient (Wildman–Crippen LogP) is 2.94. The number of nitrogens with two attached hydrogens (primary N) is 1. The van der Waals surface area contributed by atoms with E-state index in [-0.39, 0.29) is 5.95 Å².